The van der Waals surface area contributed by atoms with Crippen LogP contribution in [0.4, 0.5) is 0 Å². The van der Waals surface area contributed by atoms with Crippen LogP contribution in [0.1, 0.15) is 53.1 Å². The largest absolute Gasteiger partial charge is 0.306 e. The standard InChI is InChI=1S/C17H27N/c1-12(2)14(13-10-8-7-9-11-13)18-15-16(3,4)17(15,5)6/h7-12,14-15,18H,1-6H3. The molecule has 1 fully saturated rings. The maximum Gasteiger partial charge on any atom is 0.0346 e. The third kappa shape index (κ3) is 2.09. The average Bonchev–Trinajstić information content (AvgIpc) is 2.67. The van der Waals surface area contributed by atoms with Crippen LogP contribution in [-0.4, -0.2) is 6.04 Å². The van der Waals surface area contributed by atoms with Gasteiger partial charge in [-0.2, -0.15) is 0 Å². The fourth-order valence-electron chi connectivity index (χ4n) is 3.13. The lowest BCUT2D eigenvalue weighted by Gasteiger charge is -2.24. The molecule has 1 aliphatic carbocycles. The molecular formula is C17H27N. The van der Waals surface area contributed by atoms with Crippen molar-refractivity contribution in [2.45, 2.75) is 53.6 Å². The molecule has 1 saturated carbocycles. The van der Waals surface area contributed by atoms with Gasteiger partial charge in [0.15, 0.2) is 0 Å². The van der Waals surface area contributed by atoms with Crippen LogP contribution in [0, 0.1) is 16.7 Å². The zero-order valence-electron chi connectivity index (χ0n) is 12.6. The van der Waals surface area contributed by atoms with Gasteiger partial charge in [0.2, 0.25) is 0 Å². The number of hydrogen-bond acceptors (Lipinski definition) is 1. The van der Waals surface area contributed by atoms with Gasteiger partial charge in [-0.3, -0.25) is 0 Å². The first-order chi connectivity index (χ1) is 8.28. The van der Waals surface area contributed by atoms with E-state index < -0.39 is 0 Å². The van der Waals surface area contributed by atoms with E-state index in [-0.39, 0.29) is 0 Å². The number of nitrogens with one attached hydrogen (secondary N) is 1. The number of benzene rings is 1. The van der Waals surface area contributed by atoms with E-state index in [0.29, 0.717) is 28.8 Å². The smallest absolute Gasteiger partial charge is 0.0346 e. The van der Waals surface area contributed by atoms with E-state index in [9.17, 15) is 0 Å². The van der Waals surface area contributed by atoms with E-state index in [1.165, 1.54) is 5.56 Å². The highest BCUT2D eigenvalue weighted by atomic mass is 15.1. The monoisotopic (exact) mass is 245 g/mol. The molecular weight excluding hydrogens is 218 g/mol. The first kappa shape index (κ1) is 13.6. The van der Waals surface area contributed by atoms with Crippen LogP contribution in [0.2, 0.25) is 0 Å². The van der Waals surface area contributed by atoms with Crippen LogP contribution in [0.25, 0.3) is 0 Å². The van der Waals surface area contributed by atoms with Gasteiger partial charge >= 0.3 is 0 Å². The normalized spacial score (nSPS) is 23.1. The third-order valence-corrected chi connectivity index (χ3v) is 5.19. The van der Waals surface area contributed by atoms with E-state index in [1.54, 1.807) is 0 Å². The van der Waals surface area contributed by atoms with Gasteiger partial charge in [0.05, 0.1) is 0 Å². The minimum atomic E-state index is 0.398. The van der Waals surface area contributed by atoms with Crippen molar-refractivity contribution in [2.75, 3.05) is 0 Å². The second kappa shape index (κ2) is 4.38. The van der Waals surface area contributed by atoms with E-state index in [1.807, 2.05) is 0 Å². The van der Waals surface area contributed by atoms with Crippen molar-refractivity contribution in [1.29, 1.82) is 0 Å². The van der Waals surface area contributed by atoms with E-state index in [0.717, 1.165) is 0 Å². The Kier molecular flexibility index (Phi) is 3.31. The van der Waals surface area contributed by atoms with Crippen molar-refractivity contribution in [3.8, 4) is 0 Å². The van der Waals surface area contributed by atoms with Gasteiger partial charge in [-0.25, -0.2) is 0 Å². The molecule has 1 aromatic rings. The van der Waals surface area contributed by atoms with Crippen LogP contribution < -0.4 is 5.32 Å². The summed E-state index contributed by atoms with van der Waals surface area (Å²) >= 11 is 0. The molecule has 0 aromatic heterocycles. The van der Waals surface area contributed by atoms with E-state index in [2.05, 4.69) is 77.2 Å². The lowest BCUT2D eigenvalue weighted by molar-refractivity contribution is 0.380. The summed E-state index contributed by atoms with van der Waals surface area (Å²) in [5.74, 6) is 0.611. The molecule has 0 amide bonds. The highest BCUT2D eigenvalue weighted by Gasteiger charge is 2.65. The van der Waals surface area contributed by atoms with Crippen molar-refractivity contribution in [3.63, 3.8) is 0 Å². The van der Waals surface area contributed by atoms with Crippen LogP contribution in [0.3, 0.4) is 0 Å². The number of rotatable bonds is 4. The molecule has 18 heavy (non-hydrogen) atoms. The SMILES string of the molecule is CC(C)C(NC1C(C)(C)C1(C)C)c1ccccc1. The second-order valence-electron chi connectivity index (χ2n) is 7.18. The highest BCUT2D eigenvalue weighted by molar-refractivity contribution is 5.24. The summed E-state index contributed by atoms with van der Waals surface area (Å²) < 4.78 is 0. The van der Waals surface area contributed by atoms with Crippen LogP contribution in [0.5, 0.6) is 0 Å². The lowest BCUT2D eigenvalue weighted by atomic mass is 9.95. The molecule has 1 atom stereocenters. The average molecular weight is 245 g/mol. The Morgan fingerprint density at radius 3 is 1.83 bits per heavy atom. The van der Waals surface area contributed by atoms with Crippen molar-refractivity contribution < 1.29 is 0 Å². The van der Waals surface area contributed by atoms with Gasteiger partial charge in [0, 0.05) is 12.1 Å². The molecule has 2 rings (SSSR count). The maximum absolute atomic E-state index is 3.89. The summed E-state index contributed by atoms with van der Waals surface area (Å²) in [7, 11) is 0. The van der Waals surface area contributed by atoms with Crippen molar-refractivity contribution in [1.82, 2.24) is 5.32 Å². The lowest BCUT2D eigenvalue weighted by Crippen LogP contribution is -2.31. The molecule has 0 spiro atoms. The molecule has 1 aliphatic rings. The molecule has 0 heterocycles. The molecule has 1 N–H and O–H groups in total. The summed E-state index contributed by atoms with van der Waals surface area (Å²) in [5, 5.41) is 3.89. The van der Waals surface area contributed by atoms with E-state index in [4.69, 9.17) is 0 Å². The molecule has 1 aromatic carbocycles. The molecule has 100 valence electrons. The Morgan fingerprint density at radius 2 is 1.44 bits per heavy atom. The van der Waals surface area contributed by atoms with Crippen molar-refractivity contribution in [3.05, 3.63) is 35.9 Å². The zero-order valence-corrected chi connectivity index (χ0v) is 12.6. The Morgan fingerprint density at radius 1 is 0.944 bits per heavy atom. The first-order valence-electron chi connectivity index (χ1n) is 7.09. The zero-order chi connectivity index (χ0) is 13.6. The Bertz CT molecular complexity index is 389. The van der Waals surface area contributed by atoms with Crippen LogP contribution in [-0.2, 0) is 0 Å². The Balaban J connectivity index is 2.15. The topological polar surface area (TPSA) is 12.0 Å². The predicted octanol–water partition coefficient (Wildman–Crippen LogP) is 4.41. The molecule has 0 radical (unpaired) electrons. The fraction of sp³-hybridized carbons (Fsp3) is 0.647. The predicted molar refractivity (Wildman–Crippen MR) is 78.5 cm³/mol. The van der Waals surface area contributed by atoms with Gasteiger partial charge in [-0.1, -0.05) is 71.9 Å². The van der Waals surface area contributed by atoms with Crippen LogP contribution in [0.15, 0.2) is 30.3 Å². The molecule has 0 saturated heterocycles. The molecule has 1 nitrogen and oxygen atoms in total. The maximum atomic E-state index is 3.89. The summed E-state index contributed by atoms with van der Waals surface area (Å²) in [6.07, 6.45) is 0. The van der Waals surface area contributed by atoms with Gasteiger partial charge in [0.25, 0.3) is 0 Å². The summed E-state index contributed by atoms with van der Waals surface area (Å²) in [4.78, 5) is 0. The molecule has 1 heteroatoms. The summed E-state index contributed by atoms with van der Waals surface area (Å²) in [5.41, 5.74) is 2.20. The summed E-state index contributed by atoms with van der Waals surface area (Å²) in [6.45, 7) is 14.1. The van der Waals surface area contributed by atoms with Gasteiger partial charge in [-0.05, 0) is 22.3 Å². The van der Waals surface area contributed by atoms with Crippen LogP contribution >= 0.6 is 0 Å². The minimum Gasteiger partial charge on any atom is -0.306 e. The molecule has 0 aliphatic heterocycles. The molecule has 1 unspecified atom stereocenters. The van der Waals surface area contributed by atoms with E-state index >= 15 is 0 Å². The quantitative estimate of drug-likeness (QED) is 0.828. The first-order valence-corrected chi connectivity index (χ1v) is 7.09. The summed E-state index contributed by atoms with van der Waals surface area (Å²) in [6, 6.07) is 11.9. The minimum absolute atomic E-state index is 0.398. The van der Waals surface area contributed by atoms with Crippen molar-refractivity contribution >= 4 is 0 Å². The van der Waals surface area contributed by atoms with Crippen molar-refractivity contribution in [2.24, 2.45) is 16.7 Å². The Hall–Kier alpha value is -0.820. The number of hydrogen-bond donors (Lipinski definition) is 1. The Labute approximate surface area is 112 Å². The van der Waals surface area contributed by atoms with Gasteiger partial charge in [0.1, 0.15) is 0 Å². The highest BCUT2D eigenvalue weighted by Crippen LogP contribution is 2.63. The molecule has 0 bridgehead atoms. The fourth-order valence-corrected chi connectivity index (χ4v) is 3.13. The van der Waals surface area contributed by atoms with Gasteiger partial charge < -0.3 is 5.32 Å². The van der Waals surface area contributed by atoms with Gasteiger partial charge in [-0.15, -0.1) is 0 Å². The third-order valence-electron chi connectivity index (χ3n) is 5.19. The second-order valence-corrected chi connectivity index (χ2v) is 7.18.